The summed E-state index contributed by atoms with van der Waals surface area (Å²) in [5.41, 5.74) is 0.605. The zero-order valence-corrected chi connectivity index (χ0v) is 15.9. The lowest BCUT2D eigenvalue weighted by molar-refractivity contribution is -0.124. The van der Waals surface area contributed by atoms with Crippen LogP contribution >= 0.6 is 46.4 Å². The fourth-order valence-corrected chi connectivity index (χ4v) is 2.74. The second-order valence-corrected chi connectivity index (χ2v) is 6.46. The highest BCUT2D eigenvalue weighted by Crippen LogP contribution is 2.36. The van der Waals surface area contributed by atoms with Gasteiger partial charge < -0.3 is 10.1 Å². The third-order valence-electron chi connectivity index (χ3n) is 3.19. The van der Waals surface area contributed by atoms with Gasteiger partial charge in [-0.3, -0.25) is 4.79 Å². The van der Waals surface area contributed by atoms with Gasteiger partial charge in [-0.05, 0) is 12.5 Å². The van der Waals surface area contributed by atoms with Crippen molar-refractivity contribution < 1.29 is 14.3 Å². The van der Waals surface area contributed by atoms with Gasteiger partial charge in [-0.15, -0.1) is 0 Å². The molecule has 0 saturated carbocycles. The fraction of sp³-hybridized carbons (Fsp3) is 0.188. The smallest absolute Gasteiger partial charge is 0.359 e. The molecule has 1 atom stereocenters. The minimum atomic E-state index is -0.937. The van der Waals surface area contributed by atoms with E-state index in [0.29, 0.717) is 0 Å². The van der Waals surface area contributed by atoms with Crippen LogP contribution in [-0.4, -0.2) is 23.5 Å². The summed E-state index contributed by atoms with van der Waals surface area (Å²) in [6.07, 6.45) is 0. The van der Waals surface area contributed by atoms with E-state index in [9.17, 15) is 9.59 Å². The highest BCUT2D eigenvalue weighted by Gasteiger charge is 2.22. The maximum atomic E-state index is 12.0. The Bertz CT molecular complexity index is 800. The van der Waals surface area contributed by atoms with Crippen LogP contribution in [-0.2, 0) is 9.53 Å². The zero-order valence-electron chi connectivity index (χ0n) is 12.9. The van der Waals surface area contributed by atoms with Crippen LogP contribution in [0, 0.1) is 0 Å². The molecule has 2 rings (SSSR count). The number of rotatable bonds is 5. The van der Waals surface area contributed by atoms with Gasteiger partial charge >= 0.3 is 5.97 Å². The summed E-state index contributed by atoms with van der Waals surface area (Å²) < 4.78 is 4.90. The Balaban J connectivity index is 1.97. The van der Waals surface area contributed by atoms with Gasteiger partial charge in [-0.2, -0.15) is 0 Å². The first-order valence-corrected chi connectivity index (χ1v) is 8.53. The van der Waals surface area contributed by atoms with Crippen LogP contribution in [0.3, 0.4) is 0 Å². The molecule has 1 aromatic heterocycles. The van der Waals surface area contributed by atoms with Gasteiger partial charge in [0.2, 0.25) is 0 Å². The van der Waals surface area contributed by atoms with Crippen molar-refractivity contribution in [2.24, 2.45) is 0 Å². The SMILES string of the molecule is C[C@H](NC(=O)COC(=O)c1nc(Cl)c(Cl)c(Cl)c1Cl)c1ccccc1. The van der Waals surface area contributed by atoms with E-state index in [0.717, 1.165) is 5.56 Å². The summed E-state index contributed by atoms with van der Waals surface area (Å²) >= 11 is 23.3. The van der Waals surface area contributed by atoms with Gasteiger partial charge in [0.25, 0.3) is 5.91 Å². The van der Waals surface area contributed by atoms with Crippen LogP contribution in [0.4, 0.5) is 0 Å². The molecule has 0 aliphatic rings. The van der Waals surface area contributed by atoms with Crippen LogP contribution in [0.25, 0.3) is 0 Å². The normalized spacial score (nSPS) is 11.7. The van der Waals surface area contributed by atoms with Crippen LogP contribution in [0.2, 0.25) is 20.2 Å². The number of hydrogen-bond acceptors (Lipinski definition) is 4. The van der Waals surface area contributed by atoms with Crippen LogP contribution in [0.15, 0.2) is 30.3 Å². The Labute approximate surface area is 164 Å². The minimum absolute atomic E-state index is 0.0701. The molecular formula is C16H12Cl4N2O3. The second kappa shape index (κ2) is 8.72. The first-order valence-electron chi connectivity index (χ1n) is 7.02. The van der Waals surface area contributed by atoms with E-state index < -0.39 is 18.5 Å². The lowest BCUT2D eigenvalue weighted by Crippen LogP contribution is -2.31. The Morgan fingerprint density at radius 3 is 2.36 bits per heavy atom. The molecule has 132 valence electrons. The molecule has 0 spiro atoms. The monoisotopic (exact) mass is 420 g/mol. The minimum Gasteiger partial charge on any atom is -0.451 e. The molecular weight excluding hydrogens is 410 g/mol. The number of hydrogen-bond donors (Lipinski definition) is 1. The largest absolute Gasteiger partial charge is 0.451 e. The van der Waals surface area contributed by atoms with E-state index in [-0.39, 0.29) is 32.0 Å². The van der Waals surface area contributed by atoms with E-state index in [4.69, 9.17) is 51.1 Å². The van der Waals surface area contributed by atoms with Crippen LogP contribution in [0.5, 0.6) is 0 Å². The number of benzene rings is 1. The number of carbonyl (C=O) groups excluding carboxylic acids is 2. The predicted molar refractivity (Wildman–Crippen MR) is 97.6 cm³/mol. The van der Waals surface area contributed by atoms with Gasteiger partial charge in [0.15, 0.2) is 12.3 Å². The van der Waals surface area contributed by atoms with Crippen molar-refractivity contribution in [3.63, 3.8) is 0 Å². The van der Waals surface area contributed by atoms with Gasteiger partial charge in [0.1, 0.15) is 5.15 Å². The zero-order chi connectivity index (χ0) is 18.6. The molecule has 2 aromatic rings. The quantitative estimate of drug-likeness (QED) is 0.559. The summed E-state index contributed by atoms with van der Waals surface area (Å²) in [5, 5.41) is 2.14. The standard InChI is InChI=1S/C16H12Cl4N2O3/c1-8(9-5-3-2-4-6-9)21-10(23)7-25-16(24)14-12(18)11(17)13(19)15(20)22-14/h2-6,8H,7H2,1H3,(H,21,23)/t8-/m0/s1. The molecule has 0 bridgehead atoms. The molecule has 9 heteroatoms. The Kier molecular flexibility index (Phi) is 6.90. The second-order valence-electron chi connectivity index (χ2n) is 4.97. The lowest BCUT2D eigenvalue weighted by atomic mass is 10.1. The first-order chi connectivity index (χ1) is 11.8. The van der Waals surface area contributed by atoms with E-state index in [1.807, 2.05) is 37.3 Å². The first kappa shape index (κ1) is 19.8. The van der Waals surface area contributed by atoms with Crippen molar-refractivity contribution in [2.45, 2.75) is 13.0 Å². The highest BCUT2D eigenvalue weighted by atomic mass is 35.5. The molecule has 1 N–H and O–H groups in total. The van der Waals surface area contributed by atoms with Gasteiger partial charge in [0.05, 0.1) is 21.1 Å². The molecule has 25 heavy (non-hydrogen) atoms. The molecule has 1 aromatic carbocycles. The van der Waals surface area contributed by atoms with E-state index >= 15 is 0 Å². The molecule has 0 radical (unpaired) electrons. The molecule has 0 aliphatic heterocycles. The average Bonchev–Trinajstić information content (AvgIpc) is 2.61. The summed E-state index contributed by atoms with van der Waals surface area (Å²) in [5.74, 6) is -1.42. The predicted octanol–water partition coefficient (Wildman–Crippen LogP) is 4.73. The third-order valence-corrected chi connectivity index (χ3v) is 4.87. The molecule has 0 fully saturated rings. The summed E-state index contributed by atoms with van der Waals surface area (Å²) in [7, 11) is 0. The molecule has 0 saturated heterocycles. The maximum Gasteiger partial charge on any atom is 0.359 e. The summed E-state index contributed by atoms with van der Waals surface area (Å²) in [6, 6.07) is 9.10. The number of nitrogens with zero attached hydrogens (tertiary/aromatic N) is 1. The Morgan fingerprint density at radius 2 is 1.72 bits per heavy atom. The van der Waals surface area contributed by atoms with Gasteiger partial charge in [-0.1, -0.05) is 76.7 Å². The molecule has 5 nitrogen and oxygen atoms in total. The number of esters is 1. The number of halogens is 4. The van der Waals surface area contributed by atoms with Crippen molar-refractivity contribution in [2.75, 3.05) is 6.61 Å². The number of nitrogens with one attached hydrogen (secondary N) is 1. The lowest BCUT2D eigenvalue weighted by Gasteiger charge is -2.14. The van der Waals surface area contributed by atoms with Crippen molar-refractivity contribution in [1.82, 2.24) is 10.3 Å². The number of aromatic nitrogens is 1. The van der Waals surface area contributed by atoms with Crippen LogP contribution < -0.4 is 5.32 Å². The third kappa shape index (κ3) is 4.98. The molecule has 1 heterocycles. The van der Waals surface area contributed by atoms with E-state index in [1.165, 1.54) is 0 Å². The van der Waals surface area contributed by atoms with Gasteiger partial charge in [0, 0.05) is 0 Å². The van der Waals surface area contributed by atoms with E-state index in [2.05, 4.69) is 10.3 Å². The van der Waals surface area contributed by atoms with Crippen molar-refractivity contribution in [3.05, 3.63) is 61.8 Å². The number of carbonyl (C=O) groups is 2. The number of amides is 1. The topological polar surface area (TPSA) is 68.3 Å². The Hall–Kier alpha value is -1.53. The molecule has 0 aliphatic carbocycles. The van der Waals surface area contributed by atoms with Crippen molar-refractivity contribution in [1.29, 1.82) is 0 Å². The molecule has 0 unspecified atom stereocenters. The summed E-state index contributed by atoms with van der Waals surface area (Å²) in [4.78, 5) is 27.7. The van der Waals surface area contributed by atoms with Crippen molar-refractivity contribution in [3.8, 4) is 0 Å². The van der Waals surface area contributed by atoms with Gasteiger partial charge in [-0.25, -0.2) is 9.78 Å². The number of pyridine rings is 1. The van der Waals surface area contributed by atoms with E-state index in [1.54, 1.807) is 0 Å². The number of ether oxygens (including phenoxy) is 1. The maximum absolute atomic E-state index is 12.0. The molecule has 1 amide bonds. The fourth-order valence-electron chi connectivity index (χ4n) is 1.93. The average molecular weight is 422 g/mol. The summed E-state index contributed by atoms with van der Waals surface area (Å²) in [6.45, 7) is 1.30. The van der Waals surface area contributed by atoms with Crippen molar-refractivity contribution >= 4 is 58.3 Å². The Morgan fingerprint density at radius 1 is 1.08 bits per heavy atom. The highest BCUT2D eigenvalue weighted by molar-refractivity contribution is 6.52. The van der Waals surface area contributed by atoms with Crippen LogP contribution in [0.1, 0.15) is 29.0 Å².